The van der Waals surface area contributed by atoms with Crippen LogP contribution in [0.2, 0.25) is 0 Å². The molecule has 4 heteroatoms. The Morgan fingerprint density at radius 3 is 2.50 bits per heavy atom. The van der Waals surface area contributed by atoms with Crippen LogP contribution < -0.4 is 10.5 Å². The van der Waals surface area contributed by atoms with Gasteiger partial charge in [0.25, 0.3) is 0 Å². The van der Waals surface area contributed by atoms with Crippen LogP contribution in [-0.4, -0.2) is 37.0 Å². The molecule has 1 fully saturated rings. The lowest BCUT2D eigenvalue weighted by molar-refractivity contribution is -0.123. The Morgan fingerprint density at radius 2 is 1.84 bits per heavy atom. The molecule has 0 saturated carbocycles. The third kappa shape index (κ3) is 3.69. The predicted molar refractivity (Wildman–Crippen MR) is 127 cm³/mol. The summed E-state index contributed by atoms with van der Waals surface area (Å²) in [7, 11) is 0. The molecule has 1 amide bonds. The molecule has 32 heavy (non-hydrogen) atoms. The second-order valence-corrected chi connectivity index (χ2v) is 7.60. The quantitative estimate of drug-likeness (QED) is 0.603. The van der Waals surface area contributed by atoms with Gasteiger partial charge in [-0.3, -0.25) is 4.79 Å². The van der Waals surface area contributed by atoms with Crippen LogP contribution in [0.1, 0.15) is 50.6 Å². The maximum atomic E-state index is 13.9. The van der Waals surface area contributed by atoms with Crippen LogP contribution in [0, 0.1) is 5.92 Å². The maximum absolute atomic E-state index is 13.9. The molecule has 2 N–H and O–H groups in total. The molecule has 2 aliphatic heterocycles. The van der Waals surface area contributed by atoms with Gasteiger partial charge >= 0.3 is 0 Å². The molecule has 164 valence electrons. The standard InChI is InChI=1S/C28H30N2O2/c29-27(31)28(23-7-3-1-4-8-23,24-9-5-2-6-10-24)25-14-17-30(20-25)16-13-21-11-12-26-22(19-21)15-18-32-26/h1-12,19,25H,13-18,20H2,(H2,29,31)/t25-/m1/s1/i1D,2D,3D,4D,5D,6D,7D,8D,9D,10D,15D2,16D2,18D2. The first kappa shape index (κ1) is 9.40. The van der Waals surface area contributed by atoms with E-state index in [9.17, 15) is 4.79 Å². The van der Waals surface area contributed by atoms with Crippen LogP contribution in [0.15, 0.2) is 78.6 Å². The van der Waals surface area contributed by atoms with Crippen LogP contribution in [0.4, 0.5) is 0 Å². The van der Waals surface area contributed by atoms with Crippen molar-refractivity contribution in [3.8, 4) is 5.75 Å². The van der Waals surface area contributed by atoms with E-state index in [-0.39, 0.29) is 42.8 Å². The van der Waals surface area contributed by atoms with E-state index in [2.05, 4.69) is 0 Å². The summed E-state index contributed by atoms with van der Waals surface area (Å²) in [5.74, 6) is -2.65. The molecule has 1 saturated heterocycles. The first-order chi connectivity index (χ1) is 22.0. The Labute approximate surface area is 212 Å². The van der Waals surface area contributed by atoms with Crippen molar-refractivity contribution in [3.63, 3.8) is 0 Å². The molecule has 0 unspecified atom stereocenters. The van der Waals surface area contributed by atoms with Crippen LogP contribution in [-0.2, 0) is 23.0 Å². The highest BCUT2D eigenvalue weighted by atomic mass is 16.5. The number of hydrogen-bond acceptors (Lipinski definition) is 3. The second kappa shape index (κ2) is 8.79. The van der Waals surface area contributed by atoms with Crippen molar-refractivity contribution in [1.29, 1.82) is 0 Å². The lowest BCUT2D eigenvalue weighted by Gasteiger charge is -2.37. The van der Waals surface area contributed by atoms with Gasteiger partial charge in [0.05, 0.1) is 23.0 Å². The molecular weight excluding hydrogens is 396 g/mol. The van der Waals surface area contributed by atoms with Gasteiger partial charge in [0.2, 0.25) is 5.91 Å². The Hall–Kier alpha value is -3.11. The molecule has 0 radical (unpaired) electrons. The van der Waals surface area contributed by atoms with E-state index in [0.717, 1.165) is 0 Å². The number of carbonyl (C=O) groups excluding carboxylic acids is 1. The monoisotopic (exact) mass is 442 g/mol. The highest BCUT2D eigenvalue weighted by Gasteiger charge is 2.49. The fourth-order valence-corrected chi connectivity index (χ4v) is 4.34. The third-order valence-electron chi connectivity index (χ3n) is 5.88. The molecule has 0 aromatic heterocycles. The molecule has 2 heterocycles. The number of nitrogens with two attached hydrogens (primary N) is 1. The molecule has 0 aliphatic carbocycles. The zero-order valence-electron chi connectivity index (χ0n) is 33.0. The van der Waals surface area contributed by atoms with E-state index >= 15 is 0 Å². The normalized spacial score (nSPS) is 29.1. The van der Waals surface area contributed by atoms with Gasteiger partial charge in [-0.25, -0.2) is 0 Å². The number of ether oxygens (including phenoxy) is 1. The summed E-state index contributed by atoms with van der Waals surface area (Å²) in [6.45, 7) is -5.36. The summed E-state index contributed by atoms with van der Waals surface area (Å²) in [5, 5.41) is 0. The van der Waals surface area contributed by atoms with E-state index in [1.54, 1.807) is 0 Å². The average molecular weight is 443 g/mol. The van der Waals surface area contributed by atoms with Crippen molar-refractivity contribution in [3.05, 3.63) is 101 Å². The minimum atomic E-state index is -2.65. The van der Waals surface area contributed by atoms with E-state index in [1.807, 2.05) is 0 Å². The molecule has 0 spiro atoms. The van der Waals surface area contributed by atoms with E-state index in [0.29, 0.717) is 0 Å². The number of amides is 1. The van der Waals surface area contributed by atoms with Crippen LogP contribution in [0.5, 0.6) is 5.75 Å². The van der Waals surface area contributed by atoms with Gasteiger partial charge in [0.15, 0.2) is 0 Å². The number of aryl methyl sites for hydroxylation is 2. The van der Waals surface area contributed by atoms with Gasteiger partial charge in [-0.15, -0.1) is 0 Å². The lowest BCUT2D eigenvalue weighted by atomic mass is 9.64. The zero-order valence-corrected chi connectivity index (χ0v) is 17.0. The van der Waals surface area contributed by atoms with Crippen molar-refractivity contribution < 1.29 is 31.5 Å². The van der Waals surface area contributed by atoms with Gasteiger partial charge in [-0.1, -0.05) is 72.6 Å². The van der Waals surface area contributed by atoms with Crippen molar-refractivity contribution in [2.75, 3.05) is 26.1 Å². The zero-order chi connectivity index (χ0) is 36.0. The molecule has 2 aliphatic rings. The molecule has 3 aromatic carbocycles. The molecule has 4 nitrogen and oxygen atoms in total. The molecule has 0 bridgehead atoms. The first-order valence-corrected chi connectivity index (χ1v) is 10.1. The van der Waals surface area contributed by atoms with Crippen molar-refractivity contribution >= 4 is 5.91 Å². The second-order valence-electron chi connectivity index (χ2n) is 7.60. The highest BCUT2D eigenvalue weighted by Crippen LogP contribution is 2.43. The van der Waals surface area contributed by atoms with Gasteiger partial charge in [0, 0.05) is 24.9 Å². The highest BCUT2D eigenvalue weighted by molar-refractivity contribution is 5.91. The van der Waals surface area contributed by atoms with Gasteiger partial charge in [0.1, 0.15) is 11.2 Å². The van der Waals surface area contributed by atoms with Crippen LogP contribution in [0.3, 0.4) is 0 Å². The number of carbonyl (C=O) groups is 1. The Morgan fingerprint density at radius 1 is 1.16 bits per heavy atom. The summed E-state index contributed by atoms with van der Waals surface area (Å²) < 4.78 is 140. The largest absolute Gasteiger partial charge is 0.493 e. The Balaban J connectivity index is 1.66. The number of likely N-dealkylation sites (tertiary alicyclic amines) is 1. The number of primary amides is 1. The third-order valence-corrected chi connectivity index (χ3v) is 5.88. The number of nitrogens with zero attached hydrogens (tertiary/aromatic N) is 1. The van der Waals surface area contributed by atoms with Gasteiger partial charge < -0.3 is 15.4 Å². The molecule has 3 aromatic rings. The van der Waals surface area contributed by atoms with E-state index < -0.39 is 108 Å². The summed E-state index contributed by atoms with van der Waals surface area (Å²) in [4.78, 5) is 15.2. The number of hydrogen-bond donors (Lipinski definition) is 1. The van der Waals surface area contributed by atoms with Gasteiger partial charge in [-0.05, 0) is 53.6 Å². The average Bonchev–Trinajstić information content (AvgIpc) is 3.58. The van der Waals surface area contributed by atoms with Crippen molar-refractivity contribution in [2.24, 2.45) is 11.7 Å². The lowest BCUT2D eigenvalue weighted by Crippen LogP contribution is -2.49. The summed E-state index contributed by atoms with van der Waals surface area (Å²) >= 11 is 0. The van der Waals surface area contributed by atoms with E-state index in [1.165, 1.54) is 23.1 Å². The van der Waals surface area contributed by atoms with Crippen molar-refractivity contribution in [2.45, 2.75) is 24.6 Å². The number of rotatable bonds is 7. The summed E-state index contributed by atoms with van der Waals surface area (Å²) in [6, 6.07) is -4.38. The topological polar surface area (TPSA) is 55.6 Å². The maximum Gasteiger partial charge on any atom is 0.232 e. The Kier molecular flexibility index (Phi) is 2.58. The fourth-order valence-electron chi connectivity index (χ4n) is 4.34. The van der Waals surface area contributed by atoms with E-state index in [4.69, 9.17) is 32.4 Å². The summed E-state index contributed by atoms with van der Waals surface area (Å²) in [6.07, 6.45) is -3.01. The smallest absolute Gasteiger partial charge is 0.232 e. The van der Waals surface area contributed by atoms with Gasteiger partial charge in [-0.2, -0.15) is 0 Å². The van der Waals surface area contributed by atoms with Crippen LogP contribution >= 0.6 is 0 Å². The minimum absolute atomic E-state index is 0.0287. The number of benzene rings is 3. The predicted octanol–water partition coefficient (Wildman–Crippen LogP) is 3.96. The minimum Gasteiger partial charge on any atom is -0.493 e. The SMILES string of the molecule is [2H]c1c([2H])c([2H])c(C(C(N)=O)(c2c([2H])c([2H])c([2H])c([2H])c2[2H])[C@@H]2CCN(C([2H])([2H])Cc3ccc4c(c3)C([2H])([2H])C([2H])([2H])O4)C2)c([2H])c1[2H]. The number of fused-ring (bicyclic) bond motifs is 1. The fraction of sp³-hybridized carbons (Fsp3) is 0.321. The summed E-state index contributed by atoms with van der Waals surface area (Å²) in [5.41, 5.74) is 2.23. The first-order valence-electron chi connectivity index (χ1n) is 18.1. The van der Waals surface area contributed by atoms with Crippen molar-refractivity contribution in [1.82, 2.24) is 4.90 Å². The molecule has 1 atom stereocenters. The van der Waals surface area contributed by atoms with Crippen LogP contribution in [0.25, 0.3) is 0 Å². The Bertz CT molecular complexity index is 1740. The molecular formula is C28H30N2O2. The molecule has 5 rings (SSSR count).